The van der Waals surface area contributed by atoms with Crippen molar-refractivity contribution >= 4 is 5.91 Å². The number of carbonyl (C=O) groups excluding carboxylic acids is 1. The Hall–Kier alpha value is -1.07. The Morgan fingerprint density at radius 2 is 0.982 bits per heavy atom. The molecule has 1 saturated heterocycles. The van der Waals surface area contributed by atoms with E-state index in [9.17, 15) is 30.3 Å². The van der Waals surface area contributed by atoms with Gasteiger partial charge < -0.3 is 40.3 Å². The van der Waals surface area contributed by atoms with E-state index in [-0.39, 0.29) is 12.5 Å². The summed E-state index contributed by atoms with van der Waals surface area (Å²) in [6.45, 7) is 3.78. The molecule has 332 valence electrons. The van der Waals surface area contributed by atoms with Crippen molar-refractivity contribution in [2.75, 3.05) is 13.2 Å². The molecule has 0 aromatic heterocycles. The first-order valence-electron chi connectivity index (χ1n) is 23.9. The highest BCUT2D eigenvalue weighted by Crippen LogP contribution is 2.23. The van der Waals surface area contributed by atoms with Gasteiger partial charge in [-0.1, -0.05) is 212 Å². The Balaban J connectivity index is 2.29. The lowest BCUT2D eigenvalue weighted by atomic mass is 9.99. The fourth-order valence-corrected chi connectivity index (χ4v) is 7.75. The lowest BCUT2D eigenvalue weighted by molar-refractivity contribution is -0.302. The quantitative estimate of drug-likeness (QED) is 0.0265. The molecule has 1 amide bonds. The molecule has 0 aromatic rings. The van der Waals surface area contributed by atoms with Crippen LogP contribution in [0.4, 0.5) is 0 Å². The van der Waals surface area contributed by atoms with Gasteiger partial charge in [-0.3, -0.25) is 4.79 Å². The van der Waals surface area contributed by atoms with Gasteiger partial charge in [0.15, 0.2) is 6.29 Å². The van der Waals surface area contributed by atoms with Crippen molar-refractivity contribution in [3.63, 3.8) is 0 Å². The average molecular weight is 798 g/mol. The maximum atomic E-state index is 13.0. The van der Waals surface area contributed by atoms with Crippen LogP contribution in [0.15, 0.2) is 12.2 Å². The third-order valence-corrected chi connectivity index (χ3v) is 11.6. The highest BCUT2D eigenvalue weighted by molar-refractivity contribution is 5.76. The minimum Gasteiger partial charge on any atom is -0.394 e. The standard InChI is InChI=1S/C47H91NO8/c1-3-5-7-9-11-13-15-17-18-19-20-21-22-23-25-27-29-31-33-35-37-43(51)48-40(39-55-47-46(54)45(53)44(52)42(38-49)56-47)41(50)36-34-32-30-28-26-24-16-14-12-10-8-6-4-2/h34,36,40-42,44-47,49-50,52-54H,3-33,35,37-39H2,1-2H3,(H,48,51)/b36-34+/t40-,41+,42+,44+,45?,46?,47+/m0/s1. The van der Waals surface area contributed by atoms with Crippen LogP contribution in [0.3, 0.4) is 0 Å². The van der Waals surface area contributed by atoms with Crippen LogP contribution in [0.1, 0.15) is 226 Å². The molecule has 0 bridgehead atoms. The van der Waals surface area contributed by atoms with E-state index in [1.807, 2.05) is 6.08 Å². The fraction of sp³-hybridized carbons (Fsp3) is 0.936. The zero-order valence-corrected chi connectivity index (χ0v) is 36.4. The molecule has 56 heavy (non-hydrogen) atoms. The summed E-state index contributed by atoms with van der Waals surface area (Å²) in [5.74, 6) is -0.173. The van der Waals surface area contributed by atoms with Gasteiger partial charge in [-0.2, -0.15) is 0 Å². The average Bonchev–Trinajstić information content (AvgIpc) is 3.20. The smallest absolute Gasteiger partial charge is 0.220 e. The molecule has 0 aliphatic carbocycles. The largest absolute Gasteiger partial charge is 0.394 e. The van der Waals surface area contributed by atoms with E-state index >= 15 is 0 Å². The highest BCUT2D eigenvalue weighted by atomic mass is 16.7. The first-order chi connectivity index (χ1) is 27.3. The fourth-order valence-electron chi connectivity index (χ4n) is 7.75. The first-order valence-corrected chi connectivity index (χ1v) is 23.9. The number of hydrogen-bond acceptors (Lipinski definition) is 8. The van der Waals surface area contributed by atoms with E-state index in [4.69, 9.17) is 9.47 Å². The molecule has 1 heterocycles. The number of aliphatic hydroxyl groups is 5. The SMILES string of the molecule is CCCCCCCCCCCCC/C=C/[C@@H](O)[C@H](CO[C@@H]1O[C@H](CO)[C@@H](O)C(O)C1O)NC(=O)CCCCCCCCCCCCCCCCCCCCCC. The van der Waals surface area contributed by atoms with Crippen molar-refractivity contribution in [2.45, 2.75) is 269 Å². The summed E-state index contributed by atoms with van der Waals surface area (Å²) in [6, 6.07) is -0.798. The van der Waals surface area contributed by atoms with Gasteiger partial charge >= 0.3 is 0 Å². The lowest BCUT2D eigenvalue weighted by Gasteiger charge is -2.40. The van der Waals surface area contributed by atoms with Crippen LogP contribution < -0.4 is 5.32 Å². The second-order valence-corrected chi connectivity index (χ2v) is 16.9. The van der Waals surface area contributed by atoms with Crippen LogP contribution in [0.2, 0.25) is 0 Å². The minimum absolute atomic E-state index is 0.173. The Morgan fingerprint density at radius 3 is 1.39 bits per heavy atom. The number of unbranched alkanes of at least 4 members (excludes halogenated alkanes) is 30. The molecular weight excluding hydrogens is 707 g/mol. The van der Waals surface area contributed by atoms with Crippen LogP contribution in [-0.2, 0) is 14.3 Å². The van der Waals surface area contributed by atoms with Gasteiger partial charge in [0.05, 0.1) is 25.4 Å². The summed E-state index contributed by atoms with van der Waals surface area (Å²) in [7, 11) is 0. The molecule has 9 nitrogen and oxygen atoms in total. The van der Waals surface area contributed by atoms with Crippen molar-refractivity contribution in [3.8, 4) is 0 Å². The number of rotatable bonds is 40. The van der Waals surface area contributed by atoms with Crippen LogP contribution >= 0.6 is 0 Å². The number of amides is 1. The molecular formula is C47H91NO8. The van der Waals surface area contributed by atoms with Gasteiger partial charge in [0.2, 0.25) is 5.91 Å². The highest BCUT2D eigenvalue weighted by Gasteiger charge is 2.44. The van der Waals surface area contributed by atoms with Crippen molar-refractivity contribution in [2.24, 2.45) is 0 Å². The summed E-state index contributed by atoms with van der Waals surface area (Å²) < 4.78 is 11.2. The predicted molar refractivity (Wildman–Crippen MR) is 231 cm³/mol. The van der Waals surface area contributed by atoms with Crippen molar-refractivity contribution in [1.82, 2.24) is 5.32 Å². The normalized spacial score (nSPS) is 21.2. The number of nitrogens with one attached hydrogen (secondary N) is 1. The molecule has 1 aliphatic heterocycles. The maximum absolute atomic E-state index is 13.0. The van der Waals surface area contributed by atoms with Crippen molar-refractivity contribution in [1.29, 1.82) is 0 Å². The number of aliphatic hydroxyl groups excluding tert-OH is 5. The van der Waals surface area contributed by atoms with E-state index in [1.54, 1.807) is 6.08 Å². The Bertz CT molecular complexity index is 888. The maximum Gasteiger partial charge on any atom is 0.220 e. The number of hydrogen-bond donors (Lipinski definition) is 6. The van der Waals surface area contributed by atoms with Crippen molar-refractivity contribution in [3.05, 3.63) is 12.2 Å². The van der Waals surface area contributed by atoms with Crippen LogP contribution in [0.5, 0.6) is 0 Å². The van der Waals surface area contributed by atoms with Gasteiger partial charge in [0, 0.05) is 6.42 Å². The second kappa shape index (κ2) is 38.2. The molecule has 1 fully saturated rings. The van der Waals surface area contributed by atoms with Crippen LogP contribution in [0.25, 0.3) is 0 Å². The second-order valence-electron chi connectivity index (χ2n) is 16.9. The molecule has 0 aromatic carbocycles. The lowest BCUT2D eigenvalue weighted by Crippen LogP contribution is -2.60. The molecule has 1 rings (SSSR count). The van der Waals surface area contributed by atoms with E-state index in [0.29, 0.717) is 6.42 Å². The Labute approximate surface area is 344 Å². The van der Waals surface area contributed by atoms with Gasteiger partial charge in [-0.15, -0.1) is 0 Å². The van der Waals surface area contributed by atoms with Gasteiger partial charge in [-0.25, -0.2) is 0 Å². The van der Waals surface area contributed by atoms with Crippen LogP contribution in [-0.4, -0.2) is 87.5 Å². The van der Waals surface area contributed by atoms with E-state index < -0.39 is 49.5 Å². The Kier molecular flexibility index (Phi) is 36.1. The molecule has 6 N–H and O–H groups in total. The van der Waals surface area contributed by atoms with E-state index in [0.717, 1.165) is 38.5 Å². The summed E-state index contributed by atoms with van der Waals surface area (Å²) in [6.07, 6.45) is 36.8. The summed E-state index contributed by atoms with van der Waals surface area (Å²) in [5.41, 5.74) is 0. The van der Waals surface area contributed by atoms with Gasteiger partial charge in [0.1, 0.15) is 24.4 Å². The zero-order chi connectivity index (χ0) is 40.9. The number of ether oxygens (including phenoxy) is 2. The summed E-state index contributed by atoms with van der Waals surface area (Å²) in [5, 5.41) is 54.2. The molecule has 1 aliphatic rings. The third kappa shape index (κ3) is 28.4. The molecule has 0 spiro atoms. The Morgan fingerprint density at radius 1 is 0.589 bits per heavy atom. The molecule has 0 saturated carbocycles. The number of allylic oxidation sites excluding steroid dienone is 1. The van der Waals surface area contributed by atoms with E-state index in [1.165, 1.54) is 167 Å². The minimum atomic E-state index is -1.56. The van der Waals surface area contributed by atoms with Crippen LogP contribution in [0, 0.1) is 0 Å². The van der Waals surface area contributed by atoms with Gasteiger partial charge in [-0.05, 0) is 19.3 Å². The topological polar surface area (TPSA) is 149 Å². The molecule has 7 atom stereocenters. The number of carbonyl (C=O) groups is 1. The first kappa shape index (κ1) is 52.9. The van der Waals surface area contributed by atoms with Gasteiger partial charge in [0.25, 0.3) is 0 Å². The van der Waals surface area contributed by atoms with E-state index in [2.05, 4.69) is 19.2 Å². The monoisotopic (exact) mass is 798 g/mol. The zero-order valence-electron chi connectivity index (χ0n) is 36.4. The summed E-state index contributed by atoms with van der Waals surface area (Å²) >= 11 is 0. The van der Waals surface area contributed by atoms with Crippen molar-refractivity contribution < 1.29 is 39.8 Å². The predicted octanol–water partition coefficient (Wildman–Crippen LogP) is 10.1. The molecule has 0 radical (unpaired) electrons. The molecule has 2 unspecified atom stereocenters. The third-order valence-electron chi connectivity index (χ3n) is 11.6. The summed E-state index contributed by atoms with van der Waals surface area (Å²) in [4.78, 5) is 13.0. The molecule has 9 heteroatoms.